The Kier molecular flexibility index (Phi) is 9.43. The van der Waals surface area contributed by atoms with Crippen LogP contribution in [0.3, 0.4) is 0 Å². The number of aromatic amines is 1. The van der Waals surface area contributed by atoms with Gasteiger partial charge in [-0.1, -0.05) is 38.1 Å². The Morgan fingerprint density at radius 3 is 2.62 bits per heavy atom. The Bertz CT molecular complexity index is 1350. The van der Waals surface area contributed by atoms with Crippen molar-refractivity contribution in [1.29, 1.82) is 0 Å². The zero-order chi connectivity index (χ0) is 26.9. The van der Waals surface area contributed by atoms with Crippen molar-refractivity contribution in [2.45, 2.75) is 52.1 Å². The maximum atomic E-state index is 13.2. The quantitative estimate of drug-likeness (QED) is 0.324. The number of amides is 2. The Balaban J connectivity index is 1.78. The number of carbonyl (C=O) groups is 3. The zero-order valence-corrected chi connectivity index (χ0v) is 21.5. The van der Waals surface area contributed by atoms with Crippen molar-refractivity contribution in [2.75, 3.05) is 7.11 Å². The van der Waals surface area contributed by atoms with Gasteiger partial charge in [0.25, 0.3) is 5.56 Å². The van der Waals surface area contributed by atoms with E-state index in [-0.39, 0.29) is 24.2 Å². The average molecular weight is 507 g/mol. The highest BCUT2D eigenvalue weighted by Gasteiger charge is 2.22. The number of primary amides is 1. The van der Waals surface area contributed by atoms with E-state index in [2.05, 4.69) is 41.0 Å². The highest BCUT2D eigenvalue weighted by Crippen LogP contribution is 2.23. The van der Waals surface area contributed by atoms with Gasteiger partial charge in [-0.3, -0.25) is 14.4 Å². The van der Waals surface area contributed by atoms with Crippen LogP contribution < -0.4 is 16.6 Å². The van der Waals surface area contributed by atoms with Crippen LogP contribution in [0, 0.1) is 5.92 Å². The predicted molar refractivity (Wildman–Crippen MR) is 142 cm³/mol. The molecule has 2 heterocycles. The molecular weight excluding hydrogens is 472 g/mol. The number of carbonyl (C=O) groups excluding carboxylic acids is 3. The normalized spacial score (nSPS) is 12.2. The highest BCUT2D eigenvalue weighted by atomic mass is 16.5. The second kappa shape index (κ2) is 12.7. The summed E-state index contributed by atoms with van der Waals surface area (Å²) >= 11 is 0. The second-order valence-electron chi connectivity index (χ2n) is 9.45. The molecule has 0 spiro atoms. The molecule has 0 unspecified atom stereocenters. The van der Waals surface area contributed by atoms with Crippen molar-refractivity contribution in [3.63, 3.8) is 0 Å². The number of allylic oxidation sites excluding steroid dienone is 1. The number of nitrogens with two attached hydrogens (primary N) is 1. The number of benzene rings is 1. The maximum absolute atomic E-state index is 13.2. The van der Waals surface area contributed by atoms with Gasteiger partial charge in [-0.2, -0.15) is 0 Å². The summed E-state index contributed by atoms with van der Waals surface area (Å²) in [7, 11) is 1.20. The van der Waals surface area contributed by atoms with Gasteiger partial charge in [0.15, 0.2) is 5.78 Å². The number of Topliss-reactive ketones (excluding diaryl/α,β-unsaturated/α-hetero) is 1. The van der Waals surface area contributed by atoms with Crippen molar-refractivity contribution in [1.82, 2.24) is 14.9 Å². The van der Waals surface area contributed by atoms with Crippen molar-refractivity contribution < 1.29 is 19.1 Å². The molecule has 2 aromatic heterocycles. The lowest BCUT2D eigenvalue weighted by molar-refractivity contribution is -0.120. The lowest BCUT2D eigenvalue weighted by Crippen LogP contribution is -2.42. The molecule has 0 aliphatic carbocycles. The standard InChI is InChI=1S/C28H34N4O5/c1-18(2)14-19-8-6-11-23-22(19)16-21(30-23)17-32-13-7-9-20(27(32)35)15-25(33)24(31-28(36)37-3)10-4-5-12-26(29)34/h5-9,11-13,16,18,24,30H,4,10,14-15,17H2,1-3H3,(H2,29,34)(H,31,36)/b12-5+/t24-/m0/s1. The van der Waals surface area contributed by atoms with Crippen LogP contribution in [0.5, 0.6) is 0 Å². The highest BCUT2D eigenvalue weighted by molar-refractivity contribution is 5.89. The largest absolute Gasteiger partial charge is 0.453 e. The van der Waals surface area contributed by atoms with E-state index in [4.69, 9.17) is 5.73 Å². The van der Waals surface area contributed by atoms with Gasteiger partial charge >= 0.3 is 6.09 Å². The summed E-state index contributed by atoms with van der Waals surface area (Å²) in [5.74, 6) is -0.408. The van der Waals surface area contributed by atoms with Gasteiger partial charge in [0.05, 0.1) is 19.7 Å². The van der Waals surface area contributed by atoms with E-state index in [9.17, 15) is 19.2 Å². The van der Waals surface area contributed by atoms with Crippen LogP contribution >= 0.6 is 0 Å². The molecule has 3 aromatic rings. The number of fused-ring (bicyclic) bond motifs is 1. The molecular formula is C28H34N4O5. The smallest absolute Gasteiger partial charge is 0.407 e. The molecule has 0 aliphatic rings. The molecule has 0 saturated carbocycles. The fraction of sp³-hybridized carbons (Fsp3) is 0.357. The number of aromatic nitrogens is 2. The number of ketones is 1. The van der Waals surface area contributed by atoms with Crippen molar-refractivity contribution >= 4 is 28.7 Å². The summed E-state index contributed by atoms with van der Waals surface area (Å²) in [6.07, 6.45) is 5.04. The first-order chi connectivity index (χ1) is 17.7. The minimum atomic E-state index is -0.883. The van der Waals surface area contributed by atoms with Gasteiger partial charge in [-0.05, 0) is 55.0 Å². The van der Waals surface area contributed by atoms with E-state index >= 15 is 0 Å². The van der Waals surface area contributed by atoms with E-state index in [1.807, 2.05) is 12.1 Å². The van der Waals surface area contributed by atoms with Gasteiger partial charge in [0.1, 0.15) is 0 Å². The van der Waals surface area contributed by atoms with Gasteiger partial charge in [-0.15, -0.1) is 0 Å². The Hall–Kier alpha value is -4.14. The lowest BCUT2D eigenvalue weighted by atomic mass is 10.00. The fourth-order valence-corrected chi connectivity index (χ4v) is 4.30. The van der Waals surface area contributed by atoms with Crippen LogP contribution in [0.4, 0.5) is 4.79 Å². The van der Waals surface area contributed by atoms with Gasteiger partial charge in [0, 0.05) is 34.8 Å². The van der Waals surface area contributed by atoms with Crippen molar-refractivity contribution in [2.24, 2.45) is 11.7 Å². The number of pyridine rings is 1. The molecule has 4 N–H and O–H groups in total. The first-order valence-electron chi connectivity index (χ1n) is 12.3. The lowest BCUT2D eigenvalue weighted by Gasteiger charge is -2.16. The Morgan fingerprint density at radius 1 is 1.16 bits per heavy atom. The average Bonchev–Trinajstić information content (AvgIpc) is 3.26. The fourth-order valence-electron chi connectivity index (χ4n) is 4.30. The predicted octanol–water partition coefficient (Wildman–Crippen LogP) is 3.23. The van der Waals surface area contributed by atoms with E-state index in [1.165, 1.54) is 24.8 Å². The summed E-state index contributed by atoms with van der Waals surface area (Å²) in [6, 6.07) is 10.7. The Labute approximate surface area is 215 Å². The zero-order valence-electron chi connectivity index (χ0n) is 21.5. The molecule has 0 saturated heterocycles. The first-order valence-corrected chi connectivity index (χ1v) is 12.3. The van der Waals surface area contributed by atoms with Crippen LogP contribution in [0.25, 0.3) is 10.9 Å². The van der Waals surface area contributed by atoms with Crippen LogP contribution in [0.1, 0.15) is 43.5 Å². The van der Waals surface area contributed by atoms with E-state index < -0.39 is 18.0 Å². The van der Waals surface area contributed by atoms with E-state index in [0.29, 0.717) is 24.4 Å². The number of rotatable bonds is 12. The number of hydrogen-bond donors (Lipinski definition) is 3. The molecule has 0 aliphatic heterocycles. The number of H-pyrrole nitrogens is 1. The molecule has 2 amide bonds. The summed E-state index contributed by atoms with van der Waals surface area (Å²) in [6.45, 7) is 4.70. The minimum absolute atomic E-state index is 0.154. The summed E-state index contributed by atoms with van der Waals surface area (Å²) < 4.78 is 6.19. The van der Waals surface area contributed by atoms with Gasteiger partial charge < -0.3 is 25.3 Å². The third kappa shape index (κ3) is 7.67. The number of nitrogens with one attached hydrogen (secondary N) is 2. The number of nitrogens with zero attached hydrogens (tertiary/aromatic N) is 1. The number of ether oxygens (including phenoxy) is 1. The summed E-state index contributed by atoms with van der Waals surface area (Å²) in [5, 5.41) is 3.65. The van der Waals surface area contributed by atoms with E-state index in [1.54, 1.807) is 22.9 Å². The SMILES string of the molecule is COC(=O)N[C@@H](CC/C=C/C(N)=O)C(=O)Cc1cccn(Cc2cc3c(CC(C)C)cccc3[nH]2)c1=O. The summed E-state index contributed by atoms with van der Waals surface area (Å²) in [4.78, 5) is 52.3. The number of hydrogen-bond acceptors (Lipinski definition) is 5. The molecule has 1 aromatic carbocycles. The van der Waals surface area contributed by atoms with E-state index in [0.717, 1.165) is 23.0 Å². The molecule has 9 heteroatoms. The van der Waals surface area contributed by atoms with Crippen LogP contribution in [0.2, 0.25) is 0 Å². The Morgan fingerprint density at radius 2 is 1.92 bits per heavy atom. The van der Waals surface area contributed by atoms with Crippen LogP contribution in [0.15, 0.2) is 59.5 Å². The van der Waals surface area contributed by atoms with Crippen molar-refractivity contribution in [3.8, 4) is 0 Å². The molecule has 0 fully saturated rings. The third-order valence-corrected chi connectivity index (χ3v) is 6.01. The van der Waals surface area contributed by atoms with Crippen molar-refractivity contribution in [3.05, 3.63) is 81.9 Å². The molecule has 3 rings (SSSR count). The third-order valence-electron chi connectivity index (χ3n) is 6.01. The minimum Gasteiger partial charge on any atom is -0.453 e. The second-order valence-corrected chi connectivity index (χ2v) is 9.45. The molecule has 37 heavy (non-hydrogen) atoms. The van der Waals surface area contributed by atoms with Gasteiger partial charge in [0.2, 0.25) is 5.91 Å². The molecule has 0 radical (unpaired) electrons. The topological polar surface area (TPSA) is 136 Å². The van der Waals surface area contributed by atoms with Crippen LogP contribution in [-0.4, -0.2) is 40.5 Å². The first kappa shape index (κ1) is 27.4. The molecule has 0 bridgehead atoms. The number of alkyl carbamates (subject to hydrolysis) is 1. The molecule has 9 nitrogen and oxygen atoms in total. The number of methoxy groups -OCH3 is 1. The monoisotopic (exact) mass is 506 g/mol. The summed E-state index contributed by atoms with van der Waals surface area (Å²) in [5.41, 5.74) is 8.31. The molecule has 196 valence electrons. The van der Waals surface area contributed by atoms with Crippen LogP contribution in [-0.2, 0) is 33.7 Å². The maximum Gasteiger partial charge on any atom is 0.407 e. The van der Waals surface area contributed by atoms with Gasteiger partial charge in [-0.25, -0.2) is 4.79 Å². The molecule has 1 atom stereocenters.